The van der Waals surface area contributed by atoms with Crippen LogP contribution in [0.5, 0.6) is 0 Å². The van der Waals surface area contributed by atoms with Gasteiger partial charge in [-0.15, -0.1) is 0 Å². The molecule has 3 nitrogen and oxygen atoms in total. The van der Waals surface area contributed by atoms with Gasteiger partial charge in [-0.3, -0.25) is 4.90 Å². The number of aryl methyl sites for hydroxylation is 1. The van der Waals surface area contributed by atoms with Gasteiger partial charge in [-0.2, -0.15) is 0 Å². The maximum atomic E-state index is 13.4. The highest BCUT2D eigenvalue weighted by Crippen LogP contribution is 2.52. The van der Waals surface area contributed by atoms with Crippen molar-refractivity contribution in [3.63, 3.8) is 0 Å². The second kappa shape index (κ2) is 7.19. The van der Waals surface area contributed by atoms with Gasteiger partial charge in [0, 0.05) is 25.6 Å². The lowest BCUT2D eigenvalue weighted by atomic mass is 9.82. The van der Waals surface area contributed by atoms with E-state index in [4.69, 9.17) is 5.11 Å². The normalized spacial score (nSPS) is 25.3. The summed E-state index contributed by atoms with van der Waals surface area (Å²) >= 11 is 0. The molecule has 0 fully saturated rings. The number of hydrogen-bond donors (Lipinski definition) is 2. The molecule has 0 amide bonds. The van der Waals surface area contributed by atoms with Crippen LogP contribution in [-0.2, 0) is 5.60 Å². The van der Waals surface area contributed by atoms with Gasteiger partial charge in [0.05, 0.1) is 6.61 Å². The maximum absolute atomic E-state index is 13.4. The summed E-state index contributed by atoms with van der Waals surface area (Å²) in [5.74, 6) is -0.183. The predicted octanol–water partition coefficient (Wildman–Crippen LogP) is 3.48. The molecule has 4 rings (SSSR count). The molecule has 0 spiro atoms. The van der Waals surface area contributed by atoms with Crippen molar-refractivity contribution in [2.45, 2.75) is 31.3 Å². The first-order chi connectivity index (χ1) is 13.0. The van der Waals surface area contributed by atoms with E-state index in [2.05, 4.69) is 29.2 Å². The lowest BCUT2D eigenvalue weighted by Crippen LogP contribution is -2.36. The minimum Gasteiger partial charge on any atom is -0.395 e. The van der Waals surface area contributed by atoms with E-state index in [1.54, 1.807) is 0 Å². The molecule has 1 heterocycles. The van der Waals surface area contributed by atoms with Gasteiger partial charge >= 0.3 is 0 Å². The first kappa shape index (κ1) is 18.4. The number of halogens is 1. The molecule has 2 aromatic carbocycles. The summed E-state index contributed by atoms with van der Waals surface area (Å²) < 4.78 is 13.4. The highest BCUT2D eigenvalue weighted by molar-refractivity contribution is 5.52. The minimum absolute atomic E-state index is 0.0579. The summed E-state index contributed by atoms with van der Waals surface area (Å²) in [7, 11) is 0. The molecule has 2 aliphatic rings. The molecule has 142 valence electrons. The van der Waals surface area contributed by atoms with Crippen LogP contribution in [0.2, 0.25) is 0 Å². The molecule has 2 unspecified atom stereocenters. The zero-order chi connectivity index (χ0) is 19.0. The Bertz CT molecular complexity index is 861. The number of benzene rings is 2. The smallest absolute Gasteiger partial charge is 0.123 e. The molecule has 0 radical (unpaired) electrons. The molecule has 0 saturated heterocycles. The first-order valence-corrected chi connectivity index (χ1v) is 9.63. The average Bonchev–Trinajstić information content (AvgIpc) is 2.97. The number of rotatable bonds is 4. The third-order valence-corrected chi connectivity index (χ3v) is 6.04. The van der Waals surface area contributed by atoms with Crippen molar-refractivity contribution < 1.29 is 14.6 Å². The van der Waals surface area contributed by atoms with Crippen LogP contribution in [0, 0.1) is 12.7 Å². The van der Waals surface area contributed by atoms with Crippen LogP contribution >= 0.6 is 0 Å². The zero-order valence-corrected chi connectivity index (χ0v) is 15.7. The molecule has 0 aromatic heterocycles. The van der Waals surface area contributed by atoms with Gasteiger partial charge in [0.1, 0.15) is 11.4 Å². The van der Waals surface area contributed by atoms with E-state index in [9.17, 15) is 9.50 Å². The Hall–Kier alpha value is -2.01. The topological polar surface area (TPSA) is 43.7 Å². The van der Waals surface area contributed by atoms with E-state index in [1.807, 2.05) is 19.1 Å². The second-order valence-corrected chi connectivity index (χ2v) is 7.76. The van der Waals surface area contributed by atoms with Gasteiger partial charge in [0.15, 0.2) is 0 Å². The minimum atomic E-state index is -0.980. The van der Waals surface area contributed by atoms with Crippen LogP contribution in [0.1, 0.15) is 41.0 Å². The lowest BCUT2D eigenvalue weighted by Gasteiger charge is -2.34. The maximum Gasteiger partial charge on any atom is 0.123 e. The Morgan fingerprint density at radius 1 is 1.19 bits per heavy atom. The quantitative estimate of drug-likeness (QED) is 0.813. The third-order valence-electron chi connectivity index (χ3n) is 6.04. The monoisotopic (exact) mass is 367 g/mol. The van der Waals surface area contributed by atoms with Crippen molar-refractivity contribution in [2.24, 2.45) is 0 Å². The van der Waals surface area contributed by atoms with Gasteiger partial charge < -0.3 is 10.2 Å². The zero-order valence-electron chi connectivity index (χ0n) is 15.7. The van der Waals surface area contributed by atoms with Gasteiger partial charge in [-0.25, -0.2) is 4.39 Å². The fourth-order valence-corrected chi connectivity index (χ4v) is 4.58. The van der Waals surface area contributed by atoms with E-state index in [-0.39, 0.29) is 18.3 Å². The number of aliphatic hydroxyl groups is 2. The van der Waals surface area contributed by atoms with E-state index in [1.165, 1.54) is 12.1 Å². The van der Waals surface area contributed by atoms with Gasteiger partial charge in [-0.05, 0) is 54.2 Å². The predicted molar refractivity (Wildman–Crippen MR) is 104 cm³/mol. The van der Waals surface area contributed by atoms with Gasteiger partial charge in [-0.1, -0.05) is 42.0 Å². The van der Waals surface area contributed by atoms with Crippen LogP contribution in [0.3, 0.4) is 0 Å². The van der Waals surface area contributed by atoms with Crippen molar-refractivity contribution in [1.29, 1.82) is 0 Å². The van der Waals surface area contributed by atoms with Crippen molar-refractivity contribution in [1.82, 2.24) is 4.90 Å². The van der Waals surface area contributed by atoms with Crippen LogP contribution in [0.25, 0.3) is 0 Å². The van der Waals surface area contributed by atoms with Crippen LogP contribution < -0.4 is 0 Å². The molecule has 2 atom stereocenters. The number of nitrogens with zero attached hydrogens (tertiary/aromatic N) is 1. The summed E-state index contributed by atoms with van der Waals surface area (Å²) in [6, 6.07) is 12.9. The molecule has 2 aromatic rings. The fraction of sp³-hybridized carbons (Fsp3) is 0.391. The number of β-amino-alcohol motifs (C(OH)–C–C–N with tert-alkyl or cyclic N) is 1. The summed E-state index contributed by atoms with van der Waals surface area (Å²) in [5.41, 5.74) is 4.37. The molecule has 0 saturated carbocycles. The standard InChI is InChI=1S/C23H26FNO2/c1-16-2-7-20-21(17-3-5-19(24)6-4-17)15-23(27,22(20)14-16)18-8-10-25(11-9-18)12-13-26/h2-8,14,21,26-27H,9-13,15H2,1H3. The van der Waals surface area contributed by atoms with Crippen molar-refractivity contribution >= 4 is 0 Å². The van der Waals surface area contributed by atoms with Crippen molar-refractivity contribution in [3.05, 3.63) is 82.2 Å². The van der Waals surface area contributed by atoms with Gasteiger partial charge in [0.2, 0.25) is 0 Å². The molecular weight excluding hydrogens is 341 g/mol. The number of aliphatic hydroxyl groups excluding tert-OH is 1. The third kappa shape index (κ3) is 3.33. The highest BCUT2D eigenvalue weighted by atomic mass is 19.1. The highest BCUT2D eigenvalue weighted by Gasteiger charge is 2.45. The number of fused-ring (bicyclic) bond motifs is 1. The Balaban J connectivity index is 1.72. The van der Waals surface area contributed by atoms with Crippen molar-refractivity contribution in [3.8, 4) is 0 Å². The second-order valence-electron chi connectivity index (χ2n) is 7.76. The molecule has 4 heteroatoms. The summed E-state index contributed by atoms with van der Waals surface area (Å²) in [6.07, 6.45) is 3.50. The molecule has 1 aliphatic heterocycles. The summed E-state index contributed by atoms with van der Waals surface area (Å²) in [4.78, 5) is 2.19. The van der Waals surface area contributed by atoms with Crippen molar-refractivity contribution in [2.75, 3.05) is 26.2 Å². The lowest BCUT2D eigenvalue weighted by molar-refractivity contribution is 0.0653. The SMILES string of the molecule is Cc1ccc2c(c1)C(O)(C1=CCN(CCO)CC1)CC2c1ccc(F)cc1. The first-order valence-electron chi connectivity index (χ1n) is 9.63. The Morgan fingerprint density at radius 3 is 2.63 bits per heavy atom. The van der Waals surface area contributed by atoms with E-state index in [0.29, 0.717) is 13.0 Å². The van der Waals surface area contributed by atoms with E-state index in [0.717, 1.165) is 47.3 Å². The summed E-state index contributed by atoms with van der Waals surface area (Å²) in [6.45, 7) is 4.46. The summed E-state index contributed by atoms with van der Waals surface area (Å²) in [5, 5.41) is 20.9. The van der Waals surface area contributed by atoms with Crippen LogP contribution in [-0.4, -0.2) is 41.4 Å². The largest absolute Gasteiger partial charge is 0.395 e. The Kier molecular flexibility index (Phi) is 4.89. The molecule has 1 aliphatic carbocycles. The van der Waals surface area contributed by atoms with Gasteiger partial charge in [0.25, 0.3) is 0 Å². The van der Waals surface area contributed by atoms with Crippen LogP contribution in [0.15, 0.2) is 54.1 Å². The van der Waals surface area contributed by atoms with E-state index < -0.39 is 5.60 Å². The van der Waals surface area contributed by atoms with E-state index >= 15 is 0 Å². The van der Waals surface area contributed by atoms with Crippen LogP contribution in [0.4, 0.5) is 4.39 Å². The fourth-order valence-electron chi connectivity index (χ4n) is 4.58. The molecular formula is C23H26FNO2. The molecule has 0 bridgehead atoms. The average molecular weight is 367 g/mol. The number of hydrogen-bond acceptors (Lipinski definition) is 3. The molecule has 27 heavy (non-hydrogen) atoms. The molecule has 2 N–H and O–H groups in total. The Morgan fingerprint density at radius 2 is 1.96 bits per heavy atom. The Labute approximate surface area is 159 Å².